The molecule has 0 amide bonds. The SMILES string of the molecule is N#C[C@H]1CCCC[C@@H]1OC(=O)c1csc(-c2cnccn2)n1. The number of nitriles is 1. The van der Waals surface area contributed by atoms with Crippen molar-refractivity contribution in [1.82, 2.24) is 15.0 Å². The van der Waals surface area contributed by atoms with Gasteiger partial charge in [0.2, 0.25) is 0 Å². The standard InChI is InChI=1S/C15H14N4O2S/c16-7-10-3-1-2-4-13(10)21-15(20)12-9-22-14(19-12)11-8-17-5-6-18-11/h5-6,8-10,13H,1-4H2/t10-,13+/m1/s1. The van der Waals surface area contributed by atoms with Gasteiger partial charge < -0.3 is 4.74 Å². The van der Waals surface area contributed by atoms with Gasteiger partial charge in [-0.25, -0.2) is 9.78 Å². The van der Waals surface area contributed by atoms with Crippen LogP contribution in [0.25, 0.3) is 10.7 Å². The zero-order chi connectivity index (χ0) is 15.4. The lowest BCUT2D eigenvalue weighted by Crippen LogP contribution is -2.29. The minimum atomic E-state index is -0.474. The van der Waals surface area contributed by atoms with Crippen molar-refractivity contribution in [3.05, 3.63) is 29.7 Å². The van der Waals surface area contributed by atoms with Crippen LogP contribution in [0.2, 0.25) is 0 Å². The van der Waals surface area contributed by atoms with Gasteiger partial charge in [0, 0.05) is 17.8 Å². The first-order valence-corrected chi connectivity index (χ1v) is 7.98. The molecule has 0 aliphatic heterocycles. The van der Waals surface area contributed by atoms with Gasteiger partial charge in [-0.2, -0.15) is 5.26 Å². The highest BCUT2D eigenvalue weighted by Crippen LogP contribution is 2.28. The number of thiazole rings is 1. The summed E-state index contributed by atoms with van der Waals surface area (Å²) in [5.74, 6) is -0.686. The van der Waals surface area contributed by atoms with Gasteiger partial charge in [0.15, 0.2) is 5.69 Å². The van der Waals surface area contributed by atoms with Crippen molar-refractivity contribution in [3.8, 4) is 16.8 Å². The molecule has 1 aliphatic carbocycles. The Balaban J connectivity index is 1.71. The molecular weight excluding hydrogens is 300 g/mol. The van der Waals surface area contributed by atoms with Gasteiger partial charge in [0.05, 0.1) is 18.2 Å². The molecule has 2 heterocycles. The molecule has 0 bridgehead atoms. The number of hydrogen-bond acceptors (Lipinski definition) is 7. The van der Waals surface area contributed by atoms with E-state index in [1.165, 1.54) is 11.3 Å². The summed E-state index contributed by atoms with van der Waals surface area (Å²) in [7, 11) is 0. The Labute approximate surface area is 131 Å². The summed E-state index contributed by atoms with van der Waals surface area (Å²) < 4.78 is 5.48. The Kier molecular flexibility index (Phi) is 4.39. The Morgan fingerprint density at radius 2 is 2.23 bits per heavy atom. The third-order valence-electron chi connectivity index (χ3n) is 3.62. The van der Waals surface area contributed by atoms with Crippen molar-refractivity contribution in [2.45, 2.75) is 31.8 Å². The smallest absolute Gasteiger partial charge is 0.358 e. The molecule has 7 heteroatoms. The van der Waals surface area contributed by atoms with E-state index in [2.05, 4.69) is 21.0 Å². The zero-order valence-electron chi connectivity index (χ0n) is 11.8. The molecule has 3 rings (SSSR count). The van der Waals surface area contributed by atoms with Crippen LogP contribution in [0.4, 0.5) is 0 Å². The van der Waals surface area contributed by atoms with E-state index in [1.807, 2.05) is 0 Å². The van der Waals surface area contributed by atoms with Gasteiger partial charge in [-0.3, -0.25) is 9.97 Å². The maximum Gasteiger partial charge on any atom is 0.358 e. The van der Waals surface area contributed by atoms with Crippen molar-refractivity contribution < 1.29 is 9.53 Å². The summed E-state index contributed by atoms with van der Waals surface area (Å²) in [5.41, 5.74) is 0.882. The van der Waals surface area contributed by atoms with Crippen molar-refractivity contribution in [2.24, 2.45) is 5.92 Å². The number of nitrogens with zero attached hydrogens (tertiary/aromatic N) is 4. The van der Waals surface area contributed by atoms with Gasteiger partial charge in [0.1, 0.15) is 16.8 Å². The molecular formula is C15H14N4O2S. The summed E-state index contributed by atoms with van der Waals surface area (Å²) in [6.07, 6.45) is 7.96. The van der Waals surface area contributed by atoms with Gasteiger partial charge in [-0.1, -0.05) is 6.42 Å². The molecule has 1 saturated carbocycles. The fourth-order valence-corrected chi connectivity index (χ4v) is 3.23. The van der Waals surface area contributed by atoms with Crippen LogP contribution in [0.1, 0.15) is 36.2 Å². The zero-order valence-corrected chi connectivity index (χ0v) is 12.6. The number of carbonyl (C=O) groups is 1. The largest absolute Gasteiger partial charge is 0.456 e. The molecule has 0 spiro atoms. The Morgan fingerprint density at radius 1 is 1.36 bits per heavy atom. The lowest BCUT2D eigenvalue weighted by atomic mass is 9.87. The van der Waals surface area contributed by atoms with Gasteiger partial charge in [-0.15, -0.1) is 11.3 Å². The summed E-state index contributed by atoms with van der Waals surface area (Å²) in [6, 6.07) is 2.23. The maximum atomic E-state index is 12.2. The van der Waals surface area contributed by atoms with E-state index in [-0.39, 0.29) is 17.7 Å². The minimum Gasteiger partial charge on any atom is -0.456 e. The van der Waals surface area contributed by atoms with Crippen molar-refractivity contribution in [3.63, 3.8) is 0 Å². The molecule has 2 aromatic rings. The molecule has 2 atom stereocenters. The molecule has 0 saturated heterocycles. The molecule has 0 aromatic carbocycles. The minimum absolute atomic E-state index is 0.212. The second kappa shape index (κ2) is 6.62. The first-order valence-electron chi connectivity index (χ1n) is 7.10. The second-order valence-electron chi connectivity index (χ2n) is 5.09. The predicted molar refractivity (Wildman–Crippen MR) is 79.9 cm³/mol. The average Bonchev–Trinajstić information content (AvgIpc) is 3.06. The molecule has 1 fully saturated rings. The van der Waals surface area contributed by atoms with Crippen LogP contribution in [-0.2, 0) is 4.74 Å². The molecule has 6 nitrogen and oxygen atoms in total. The number of carbonyl (C=O) groups excluding carboxylic acids is 1. The van der Waals surface area contributed by atoms with E-state index in [0.717, 1.165) is 25.7 Å². The fourth-order valence-electron chi connectivity index (χ4n) is 2.48. The van der Waals surface area contributed by atoms with Crippen LogP contribution in [0, 0.1) is 17.2 Å². The third kappa shape index (κ3) is 3.12. The summed E-state index contributed by atoms with van der Waals surface area (Å²) in [5, 5.41) is 11.4. The van der Waals surface area contributed by atoms with Crippen LogP contribution in [0.5, 0.6) is 0 Å². The second-order valence-corrected chi connectivity index (χ2v) is 5.95. The normalized spacial score (nSPS) is 21.0. The first-order chi connectivity index (χ1) is 10.8. The van der Waals surface area contributed by atoms with Crippen LogP contribution in [-0.4, -0.2) is 27.0 Å². The first kappa shape index (κ1) is 14.6. The van der Waals surface area contributed by atoms with Crippen molar-refractivity contribution >= 4 is 17.3 Å². The molecule has 0 unspecified atom stereocenters. The highest BCUT2D eigenvalue weighted by atomic mass is 32.1. The molecule has 22 heavy (non-hydrogen) atoms. The van der Waals surface area contributed by atoms with Crippen molar-refractivity contribution in [1.29, 1.82) is 5.26 Å². The summed E-state index contributed by atoms with van der Waals surface area (Å²) in [6.45, 7) is 0. The quantitative estimate of drug-likeness (QED) is 0.809. The van der Waals surface area contributed by atoms with E-state index in [4.69, 9.17) is 10.00 Å². The lowest BCUT2D eigenvalue weighted by Gasteiger charge is -2.26. The van der Waals surface area contributed by atoms with Gasteiger partial charge in [0.25, 0.3) is 0 Å². The molecule has 1 aliphatic rings. The van der Waals surface area contributed by atoms with Gasteiger partial charge in [-0.05, 0) is 19.3 Å². The molecule has 0 N–H and O–H groups in total. The summed E-state index contributed by atoms with van der Waals surface area (Å²) >= 11 is 1.32. The van der Waals surface area contributed by atoms with E-state index in [1.54, 1.807) is 24.0 Å². The highest BCUT2D eigenvalue weighted by Gasteiger charge is 2.29. The van der Waals surface area contributed by atoms with E-state index >= 15 is 0 Å². The number of rotatable bonds is 3. The van der Waals surface area contributed by atoms with E-state index in [9.17, 15) is 4.79 Å². The Morgan fingerprint density at radius 3 is 3.00 bits per heavy atom. The number of esters is 1. The Hall–Kier alpha value is -2.33. The average molecular weight is 314 g/mol. The van der Waals surface area contributed by atoms with Crippen LogP contribution in [0.15, 0.2) is 24.0 Å². The van der Waals surface area contributed by atoms with Crippen LogP contribution in [0.3, 0.4) is 0 Å². The number of aromatic nitrogens is 3. The topological polar surface area (TPSA) is 88.8 Å². The number of ether oxygens (including phenoxy) is 1. The predicted octanol–water partition coefficient (Wildman–Crippen LogP) is 2.84. The number of hydrogen-bond donors (Lipinski definition) is 0. The molecule has 0 radical (unpaired) electrons. The van der Waals surface area contributed by atoms with E-state index < -0.39 is 5.97 Å². The van der Waals surface area contributed by atoms with Crippen LogP contribution >= 0.6 is 11.3 Å². The fraction of sp³-hybridized carbons (Fsp3) is 0.400. The third-order valence-corrected chi connectivity index (χ3v) is 4.49. The Bertz CT molecular complexity index is 695. The molecule has 112 valence electrons. The summed E-state index contributed by atoms with van der Waals surface area (Å²) in [4.78, 5) is 24.6. The monoisotopic (exact) mass is 314 g/mol. The molecule has 2 aromatic heterocycles. The van der Waals surface area contributed by atoms with Gasteiger partial charge >= 0.3 is 5.97 Å². The maximum absolute atomic E-state index is 12.2. The lowest BCUT2D eigenvalue weighted by molar-refractivity contribution is 0.0102. The van der Waals surface area contributed by atoms with E-state index in [0.29, 0.717) is 10.7 Å². The van der Waals surface area contributed by atoms with Crippen molar-refractivity contribution in [2.75, 3.05) is 0 Å². The van der Waals surface area contributed by atoms with Crippen LogP contribution < -0.4 is 0 Å². The highest BCUT2D eigenvalue weighted by molar-refractivity contribution is 7.13.